The van der Waals surface area contributed by atoms with Gasteiger partial charge in [0.15, 0.2) is 11.6 Å². The summed E-state index contributed by atoms with van der Waals surface area (Å²) in [4.78, 5) is 28.1. The van der Waals surface area contributed by atoms with E-state index in [1.165, 1.54) is 24.3 Å². The van der Waals surface area contributed by atoms with Gasteiger partial charge in [0.25, 0.3) is 11.8 Å². The standard InChI is InChI=1S/C17H17F2N3O2/c1-10(2)9-20-16(23)14-4-3-5-15(22-14)17(24)21-11-6-7-12(18)13(19)8-11/h3-8,10H,9H2,1-2H3,(H,20,23)(H,21,24). The average molecular weight is 333 g/mol. The molecule has 2 amide bonds. The van der Waals surface area contributed by atoms with Crippen LogP contribution in [0, 0.1) is 17.6 Å². The van der Waals surface area contributed by atoms with E-state index < -0.39 is 17.5 Å². The number of benzene rings is 1. The normalized spacial score (nSPS) is 10.5. The molecule has 5 nitrogen and oxygen atoms in total. The molecule has 1 heterocycles. The zero-order valence-corrected chi connectivity index (χ0v) is 13.3. The Bertz CT molecular complexity index is 763. The maximum absolute atomic E-state index is 13.2. The Morgan fingerprint density at radius 3 is 2.33 bits per heavy atom. The summed E-state index contributed by atoms with van der Waals surface area (Å²) in [6, 6.07) is 7.45. The van der Waals surface area contributed by atoms with Crippen LogP contribution in [0.2, 0.25) is 0 Å². The van der Waals surface area contributed by atoms with Gasteiger partial charge in [0.1, 0.15) is 11.4 Å². The molecule has 1 aromatic carbocycles. The van der Waals surface area contributed by atoms with Crippen molar-refractivity contribution in [3.8, 4) is 0 Å². The van der Waals surface area contributed by atoms with Gasteiger partial charge in [0.2, 0.25) is 0 Å². The van der Waals surface area contributed by atoms with E-state index in [9.17, 15) is 18.4 Å². The van der Waals surface area contributed by atoms with E-state index in [-0.39, 0.29) is 28.9 Å². The highest BCUT2D eigenvalue weighted by Crippen LogP contribution is 2.14. The van der Waals surface area contributed by atoms with Crippen molar-refractivity contribution in [3.63, 3.8) is 0 Å². The van der Waals surface area contributed by atoms with Crippen molar-refractivity contribution in [2.75, 3.05) is 11.9 Å². The Labute approximate surface area is 138 Å². The number of carbonyl (C=O) groups is 2. The molecule has 1 aromatic heterocycles. The minimum atomic E-state index is -1.07. The largest absolute Gasteiger partial charge is 0.350 e. The lowest BCUT2D eigenvalue weighted by atomic mass is 10.2. The number of pyridine rings is 1. The van der Waals surface area contributed by atoms with E-state index in [2.05, 4.69) is 15.6 Å². The topological polar surface area (TPSA) is 71.1 Å². The van der Waals surface area contributed by atoms with Crippen LogP contribution >= 0.6 is 0 Å². The van der Waals surface area contributed by atoms with Crippen molar-refractivity contribution in [2.24, 2.45) is 5.92 Å². The molecule has 0 fully saturated rings. The van der Waals surface area contributed by atoms with Gasteiger partial charge in [-0.1, -0.05) is 19.9 Å². The van der Waals surface area contributed by atoms with Crippen molar-refractivity contribution < 1.29 is 18.4 Å². The Morgan fingerprint density at radius 2 is 1.71 bits per heavy atom. The van der Waals surface area contributed by atoms with Gasteiger partial charge < -0.3 is 10.6 Å². The number of hydrogen-bond acceptors (Lipinski definition) is 3. The fraction of sp³-hybridized carbons (Fsp3) is 0.235. The van der Waals surface area contributed by atoms with Crippen molar-refractivity contribution in [1.82, 2.24) is 10.3 Å². The number of nitrogens with one attached hydrogen (secondary N) is 2. The minimum absolute atomic E-state index is 0.00284. The van der Waals surface area contributed by atoms with Gasteiger partial charge in [0, 0.05) is 18.3 Å². The lowest BCUT2D eigenvalue weighted by Crippen LogP contribution is -2.28. The number of aromatic nitrogens is 1. The first-order chi connectivity index (χ1) is 11.4. The zero-order valence-electron chi connectivity index (χ0n) is 13.3. The average Bonchev–Trinajstić information content (AvgIpc) is 2.56. The highest BCUT2D eigenvalue weighted by atomic mass is 19.2. The Morgan fingerprint density at radius 1 is 1.04 bits per heavy atom. The predicted octanol–water partition coefficient (Wildman–Crippen LogP) is 3.00. The van der Waals surface area contributed by atoms with Crippen LogP contribution in [-0.2, 0) is 0 Å². The summed E-state index contributed by atoms with van der Waals surface area (Å²) in [5, 5.41) is 5.11. The molecular formula is C17H17F2N3O2. The highest BCUT2D eigenvalue weighted by molar-refractivity contribution is 6.03. The second kappa shape index (κ2) is 7.63. The van der Waals surface area contributed by atoms with Gasteiger partial charge >= 0.3 is 0 Å². The van der Waals surface area contributed by atoms with E-state index >= 15 is 0 Å². The van der Waals surface area contributed by atoms with Crippen LogP contribution in [0.5, 0.6) is 0 Å². The fourth-order valence-electron chi connectivity index (χ4n) is 1.84. The second-order valence-electron chi connectivity index (χ2n) is 5.59. The smallest absolute Gasteiger partial charge is 0.274 e. The van der Waals surface area contributed by atoms with Crippen LogP contribution in [0.3, 0.4) is 0 Å². The van der Waals surface area contributed by atoms with E-state index in [1.54, 1.807) is 0 Å². The first-order valence-electron chi connectivity index (χ1n) is 7.38. The summed E-state index contributed by atoms with van der Waals surface area (Å²) in [6.07, 6.45) is 0. The molecule has 0 aliphatic rings. The molecule has 2 rings (SSSR count). The van der Waals surface area contributed by atoms with Gasteiger partial charge in [-0.05, 0) is 30.2 Å². The molecular weight excluding hydrogens is 316 g/mol. The molecule has 7 heteroatoms. The zero-order chi connectivity index (χ0) is 17.7. The van der Waals surface area contributed by atoms with Gasteiger partial charge in [-0.2, -0.15) is 0 Å². The molecule has 0 aliphatic heterocycles. The van der Waals surface area contributed by atoms with Gasteiger partial charge in [-0.25, -0.2) is 13.8 Å². The van der Waals surface area contributed by atoms with Crippen LogP contribution in [-0.4, -0.2) is 23.3 Å². The van der Waals surface area contributed by atoms with Crippen molar-refractivity contribution >= 4 is 17.5 Å². The third kappa shape index (κ3) is 4.58. The number of halogens is 2. The molecule has 0 bridgehead atoms. The number of rotatable bonds is 5. The second-order valence-corrected chi connectivity index (χ2v) is 5.59. The van der Waals surface area contributed by atoms with E-state index in [1.807, 2.05) is 13.8 Å². The Balaban J connectivity index is 2.11. The minimum Gasteiger partial charge on any atom is -0.350 e. The number of hydrogen-bond donors (Lipinski definition) is 2. The molecule has 0 saturated carbocycles. The number of nitrogens with zero attached hydrogens (tertiary/aromatic N) is 1. The first kappa shape index (κ1) is 17.5. The van der Waals surface area contributed by atoms with E-state index in [4.69, 9.17) is 0 Å². The van der Waals surface area contributed by atoms with Crippen molar-refractivity contribution in [3.05, 3.63) is 59.4 Å². The van der Waals surface area contributed by atoms with Gasteiger partial charge in [-0.15, -0.1) is 0 Å². The molecule has 0 saturated heterocycles. The third-order valence-electron chi connectivity index (χ3n) is 3.06. The van der Waals surface area contributed by atoms with Crippen molar-refractivity contribution in [1.29, 1.82) is 0 Å². The van der Waals surface area contributed by atoms with Crippen LogP contribution < -0.4 is 10.6 Å². The van der Waals surface area contributed by atoms with Gasteiger partial charge in [0.05, 0.1) is 0 Å². The molecule has 0 unspecified atom stereocenters. The summed E-state index contributed by atoms with van der Waals surface area (Å²) in [6.45, 7) is 4.41. The maximum atomic E-state index is 13.2. The summed E-state index contributed by atoms with van der Waals surface area (Å²) in [5.41, 5.74) is 0.195. The van der Waals surface area contributed by atoms with Crippen LogP contribution in [0.4, 0.5) is 14.5 Å². The summed E-state index contributed by atoms with van der Waals surface area (Å²) in [7, 11) is 0. The molecule has 0 spiro atoms. The molecule has 24 heavy (non-hydrogen) atoms. The lowest BCUT2D eigenvalue weighted by Gasteiger charge is -2.09. The molecule has 0 radical (unpaired) electrons. The number of amides is 2. The van der Waals surface area contributed by atoms with Gasteiger partial charge in [-0.3, -0.25) is 9.59 Å². The van der Waals surface area contributed by atoms with E-state index in [0.717, 1.165) is 12.1 Å². The summed E-state index contributed by atoms with van der Waals surface area (Å²) in [5.74, 6) is -2.79. The van der Waals surface area contributed by atoms with Crippen LogP contribution in [0.1, 0.15) is 34.8 Å². The molecule has 2 aromatic rings. The SMILES string of the molecule is CC(C)CNC(=O)c1cccc(C(=O)Nc2ccc(F)c(F)c2)n1. The molecule has 0 aliphatic carbocycles. The maximum Gasteiger partial charge on any atom is 0.274 e. The third-order valence-corrected chi connectivity index (χ3v) is 3.06. The summed E-state index contributed by atoms with van der Waals surface area (Å²) < 4.78 is 26.0. The fourth-order valence-corrected chi connectivity index (χ4v) is 1.84. The number of anilines is 1. The molecule has 126 valence electrons. The Kier molecular flexibility index (Phi) is 5.57. The molecule has 2 N–H and O–H groups in total. The van der Waals surface area contributed by atoms with Crippen LogP contribution in [0.15, 0.2) is 36.4 Å². The molecule has 0 atom stereocenters. The quantitative estimate of drug-likeness (QED) is 0.883. The highest BCUT2D eigenvalue weighted by Gasteiger charge is 2.13. The first-order valence-corrected chi connectivity index (χ1v) is 7.38. The monoisotopic (exact) mass is 333 g/mol. The summed E-state index contributed by atoms with van der Waals surface area (Å²) >= 11 is 0. The predicted molar refractivity (Wildman–Crippen MR) is 85.7 cm³/mol. The van der Waals surface area contributed by atoms with Crippen molar-refractivity contribution in [2.45, 2.75) is 13.8 Å². The lowest BCUT2D eigenvalue weighted by molar-refractivity contribution is 0.0944. The number of carbonyl (C=O) groups excluding carboxylic acids is 2. The van der Waals surface area contributed by atoms with E-state index in [0.29, 0.717) is 6.54 Å². The Hall–Kier alpha value is -2.83. The van der Waals surface area contributed by atoms with Crippen LogP contribution in [0.25, 0.3) is 0 Å².